The molecule has 34 heavy (non-hydrogen) atoms. The van der Waals surface area contributed by atoms with E-state index in [1.54, 1.807) is 17.0 Å². The number of piperidine rings is 1. The SMILES string of the molecule is C[C@H]1CC[C@H](c2nc(C(=O)Nc3cnoc3)c(O)c(=O)n2C)CN1C(=O)c1ccc(Cl)c(Cl)c1. The molecule has 0 radical (unpaired) electrons. The molecule has 10 nitrogen and oxygen atoms in total. The van der Waals surface area contributed by atoms with Crippen LogP contribution in [0.3, 0.4) is 0 Å². The van der Waals surface area contributed by atoms with E-state index >= 15 is 0 Å². The highest BCUT2D eigenvalue weighted by atomic mass is 35.5. The Labute approximate surface area is 204 Å². The van der Waals surface area contributed by atoms with Gasteiger partial charge in [-0.05, 0) is 38.0 Å². The second kappa shape index (κ2) is 9.47. The van der Waals surface area contributed by atoms with Crippen molar-refractivity contribution < 1.29 is 19.2 Å². The topological polar surface area (TPSA) is 131 Å². The summed E-state index contributed by atoms with van der Waals surface area (Å²) in [6.45, 7) is 2.20. The molecule has 178 valence electrons. The lowest BCUT2D eigenvalue weighted by Gasteiger charge is -2.38. The second-order valence-electron chi connectivity index (χ2n) is 8.11. The third-order valence-corrected chi connectivity index (χ3v) is 6.62. The van der Waals surface area contributed by atoms with Crippen molar-refractivity contribution in [2.75, 3.05) is 11.9 Å². The molecule has 3 heterocycles. The summed E-state index contributed by atoms with van der Waals surface area (Å²) in [5, 5.41) is 16.9. The minimum Gasteiger partial charge on any atom is -0.501 e. The maximum Gasteiger partial charge on any atom is 0.296 e. The van der Waals surface area contributed by atoms with E-state index in [0.29, 0.717) is 23.4 Å². The van der Waals surface area contributed by atoms with Crippen molar-refractivity contribution in [2.24, 2.45) is 7.05 Å². The fraction of sp³-hybridized carbons (Fsp3) is 0.318. The van der Waals surface area contributed by atoms with Gasteiger partial charge in [0, 0.05) is 31.1 Å². The summed E-state index contributed by atoms with van der Waals surface area (Å²) in [6, 6.07) is 4.62. The molecule has 1 aliphatic rings. The third-order valence-electron chi connectivity index (χ3n) is 5.88. The monoisotopic (exact) mass is 505 g/mol. The van der Waals surface area contributed by atoms with E-state index < -0.39 is 22.9 Å². The quantitative estimate of drug-likeness (QED) is 0.554. The van der Waals surface area contributed by atoms with Crippen LogP contribution in [0.25, 0.3) is 0 Å². The average Bonchev–Trinajstić information content (AvgIpc) is 3.32. The van der Waals surface area contributed by atoms with Crippen LogP contribution in [0.4, 0.5) is 5.69 Å². The van der Waals surface area contributed by atoms with Crippen LogP contribution in [0.2, 0.25) is 10.0 Å². The van der Waals surface area contributed by atoms with Crippen molar-refractivity contribution >= 4 is 40.7 Å². The molecule has 0 saturated carbocycles. The molecular weight excluding hydrogens is 485 g/mol. The van der Waals surface area contributed by atoms with Gasteiger partial charge >= 0.3 is 0 Å². The molecule has 0 aliphatic carbocycles. The standard InChI is InChI=1S/C22H21Cl2N5O5/c1-11-3-4-13(9-29(11)21(32)12-5-6-15(23)16(24)7-12)19-27-17(18(30)22(33)28(19)2)20(31)26-14-8-25-34-10-14/h5-8,10-11,13,30H,3-4,9H2,1-2H3,(H,26,31)/t11-,13-/m0/s1. The normalized spacial score (nSPS) is 18.1. The predicted molar refractivity (Wildman–Crippen MR) is 125 cm³/mol. The summed E-state index contributed by atoms with van der Waals surface area (Å²) in [7, 11) is 1.47. The van der Waals surface area contributed by atoms with Gasteiger partial charge in [-0.1, -0.05) is 28.4 Å². The Morgan fingerprint density at radius 2 is 2.00 bits per heavy atom. The summed E-state index contributed by atoms with van der Waals surface area (Å²) in [5.74, 6) is -1.84. The molecule has 3 aromatic rings. The van der Waals surface area contributed by atoms with E-state index in [9.17, 15) is 19.5 Å². The summed E-state index contributed by atoms with van der Waals surface area (Å²) >= 11 is 12.1. The number of hydrogen-bond donors (Lipinski definition) is 2. The van der Waals surface area contributed by atoms with E-state index in [0.717, 1.165) is 0 Å². The Morgan fingerprint density at radius 1 is 1.24 bits per heavy atom. The highest BCUT2D eigenvalue weighted by molar-refractivity contribution is 6.42. The first-order chi connectivity index (χ1) is 16.2. The van der Waals surface area contributed by atoms with Crippen LogP contribution in [-0.2, 0) is 7.05 Å². The number of likely N-dealkylation sites (tertiary alicyclic amines) is 1. The number of nitrogens with one attached hydrogen (secondary N) is 1. The van der Waals surface area contributed by atoms with Crippen molar-refractivity contribution in [3.8, 4) is 5.75 Å². The van der Waals surface area contributed by atoms with E-state index in [4.69, 9.17) is 23.2 Å². The van der Waals surface area contributed by atoms with Crippen molar-refractivity contribution in [2.45, 2.75) is 31.7 Å². The number of halogens is 2. The molecule has 0 bridgehead atoms. The number of anilines is 1. The molecule has 2 amide bonds. The third kappa shape index (κ3) is 4.51. The number of benzene rings is 1. The van der Waals surface area contributed by atoms with Crippen LogP contribution >= 0.6 is 23.2 Å². The van der Waals surface area contributed by atoms with Crippen LogP contribution in [0.15, 0.2) is 40.0 Å². The van der Waals surface area contributed by atoms with Crippen molar-refractivity contribution in [1.29, 1.82) is 0 Å². The van der Waals surface area contributed by atoms with Crippen LogP contribution < -0.4 is 10.9 Å². The molecule has 4 rings (SSSR count). The number of carbonyl (C=O) groups is 2. The molecule has 1 aromatic carbocycles. The van der Waals surface area contributed by atoms with E-state index in [1.165, 1.54) is 30.1 Å². The van der Waals surface area contributed by atoms with Crippen LogP contribution in [0.5, 0.6) is 5.75 Å². The van der Waals surface area contributed by atoms with Gasteiger partial charge in [0.25, 0.3) is 17.4 Å². The number of carbonyl (C=O) groups excluding carboxylic acids is 2. The van der Waals surface area contributed by atoms with Gasteiger partial charge in [-0.15, -0.1) is 0 Å². The summed E-state index contributed by atoms with van der Waals surface area (Å²) in [6.07, 6.45) is 3.75. The number of amides is 2. The minimum atomic E-state index is -0.785. The summed E-state index contributed by atoms with van der Waals surface area (Å²) < 4.78 is 5.87. The van der Waals surface area contributed by atoms with Crippen molar-refractivity contribution in [3.63, 3.8) is 0 Å². The largest absolute Gasteiger partial charge is 0.501 e. The fourth-order valence-electron chi connectivity index (χ4n) is 3.98. The van der Waals surface area contributed by atoms with Crippen molar-refractivity contribution in [1.82, 2.24) is 19.6 Å². The van der Waals surface area contributed by atoms with Gasteiger partial charge in [0.15, 0.2) is 5.69 Å². The molecule has 2 N–H and O–H groups in total. The van der Waals surface area contributed by atoms with Gasteiger partial charge in [0.2, 0.25) is 5.75 Å². The fourth-order valence-corrected chi connectivity index (χ4v) is 4.28. The number of aromatic hydroxyl groups is 1. The zero-order chi connectivity index (χ0) is 24.6. The second-order valence-corrected chi connectivity index (χ2v) is 8.92. The molecule has 12 heteroatoms. The molecule has 2 aromatic heterocycles. The molecule has 0 unspecified atom stereocenters. The van der Waals surface area contributed by atoms with Crippen LogP contribution in [0, 0.1) is 0 Å². The predicted octanol–water partition coefficient (Wildman–Crippen LogP) is 3.44. The highest BCUT2D eigenvalue weighted by Gasteiger charge is 2.34. The molecule has 1 aliphatic heterocycles. The zero-order valence-corrected chi connectivity index (χ0v) is 19.8. The molecule has 0 spiro atoms. The number of hydrogen-bond acceptors (Lipinski definition) is 7. The van der Waals surface area contributed by atoms with E-state index in [1.807, 2.05) is 6.92 Å². The maximum atomic E-state index is 13.2. The smallest absolute Gasteiger partial charge is 0.296 e. The van der Waals surface area contributed by atoms with Gasteiger partial charge in [-0.25, -0.2) is 4.98 Å². The highest BCUT2D eigenvalue weighted by Crippen LogP contribution is 2.31. The Balaban J connectivity index is 1.65. The van der Waals surface area contributed by atoms with Gasteiger partial charge in [0.05, 0.1) is 16.2 Å². The lowest BCUT2D eigenvalue weighted by Crippen LogP contribution is -2.46. The number of aromatic nitrogens is 3. The van der Waals surface area contributed by atoms with Gasteiger partial charge in [0.1, 0.15) is 17.8 Å². The van der Waals surface area contributed by atoms with Gasteiger partial charge < -0.3 is 19.8 Å². The zero-order valence-electron chi connectivity index (χ0n) is 18.3. The lowest BCUT2D eigenvalue weighted by molar-refractivity contribution is 0.0603. The summed E-state index contributed by atoms with van der Waals surface area (Å²) in [4.78, 5) is 44.6. The molecule has 2 atom stereocenters. The average molecular weight is 506 g/mol. The Bertz CT molecular complexity index is 1310. The lowest BCUT2D eigenvalue weighted by atomic mass is 9.91. The van der Waals surface area contributed by atoms with Gasteiger partial charge in [-0.3, -0.25) is 19.0 Å². The first kappa shape index (κ1) is 23.8. The van der Waals surface area contributed by atoms with Crippen LogP contribution in [-0.4, -0.2) is 49.1 Å². The molecule has 1 saturated heterocycles. The number of rotatable bonds is 4. The van der Waals surface area contributed by atoms with Crippen molar-refractivity contribution in [3.05, 3.63) is 68.1 Å². The Kier molecular flexibility index (Phi) is 6.63. The van der Waals surface area contributed by atoms with Gasteiger partial charge in [-0.2, -0.15) is 0 Å². The Hall–Kier alpha value is -3.37. The first-order valence-corrected chi connectivity index (χ1v) is 11.2. The minimum absolute atomic E-state index is 0.0660. The first-order valence-electron chi connectivity index (χ1n) is 10.4. The molecular formula is C22H21Cl2N5O5. The number of nitrogens with zero attached hydrogens (tertiary/aromatic N) is 4. The Morgan fingerprint density at radius 3 is 2.68 bits per heavy atom. The van der Waals surface area contributed by atoms with Crippen LogP contribution in [0.1, 0.15) is 52.4 Å². The molecule has 1 fully saturated rings. The van der Waals surface area contributed by atoms with E-state index in [2.05, 4.69) is 20.0 Å². The summed E-state index contributed by atoms with van der Waals surface area (Å²) in [5.41, 5.74) is -0.539. The van der Waals surface area contributed by atoms with E-state index in [-0.39, 0.29) is 40.9 Å². The maximum absolute atomic E-state index is 13.2.